The van der Waals surface area contributed by atoms with Gasteiger partial charge in [0.05, 0.1) is 31.8 Å². The number of thioether (sulfide) groups is 1. The van der Waals surface area contributed by atoms with Crippen LogP contribution in [0.3, 0.4) is 0 Å². The molecule has 158 valence electrons. The van der Waals surface area contributed by atoms with Gasteiger partial charge in [-0.3, -0.25) is 4.79 Å². The monoisotopic (exact) mass is 466 g/mol. The molecule has 0 spiro atoms. The SMILES string of the molecule is COc1ccc(C(=O)N=C2SC3CS(=O)(=O)CC3N2c2cccc(Cl)c2)cc1OC. The second-order valence-electron chi connectivity index (χ2n) is 6.92. The van der Waals surface area contributed by atoms with Crippen molar-refractivity contribution in [2.45, 2.75) is 11.3 Å². The second kappa shape index (κ2) is 8.13. The lowest BCUT2D eigenvalue weighted by Gasteiger charge is -2.24. The number of carbonyl (C=O) groups excluding carboxylic acids is 1. The number of sulfone groups is 1. The number of amides is 1. The van der Waals surface area contributed by atoms with Crippen molar-refractivity contribution in [3.05, 3.63) is 53.1 Å². The van der Waals surface area contributed by atoms with Crippen molar-refractivity contribution in [3.63, 3.8) is 0 Å². The number of nitrogens with zero attached hydrogens (tertiary/aromatic N) is 2. The average Bonchev–Trinajstić information content (AvgIpc) is 3.17. The molecule has 7 nitrogen and oxygen atoms in total. The molecule has 1 amide bonds. The number of anilines is 1. The number of carbonyl (C=O) groups is 1. The van der Waals surface area contributed by atoms with Crippen molar-refractivity contribution in [1.82, 2.24) is 0 Å². The molecule has 0 bridgehead atoms. The molecule has 2 aliphatic rings. The van der Waals surface area contributed by atoms with Crippen LogP contribution in [-0.2, 0) is 9.84 Å². The third-order valence-corrected chi connectivity index (χ3v) is 8.43. The molecule has 2 aromatic rings. The van der Waals surface area contributed by atoms with E-state index in [1.54, 1.807) is 36.4 Å². The number of methoxy groups -OCH3 is 2. The molecule has 2 aromatic carbocycles. The number of hydrogen-bond acceptors (Lipinski definition) is 6. The van der Waals surface area contributed by atoms with Gasteiger partial charge in [0, 0.05) is 21.5 Å². The third-order valence-electron chi connectivity index (χ3n) is 4.98. The summed E-state index contributed by atoms with van der Waals surface area (Å²) in [5.41, 5.74) is 1.05. The predicted molar refractivity (Wildman–Crippen MR) is 119 cm³/mol. The van der Waals surface area contributed by atoms with Crippen LogP contribution in [0.15, 0.2) is 47.5 Å². The molecule has 0 saturated carbocycles. The van der Waals surface area contributed by atoms with Crippen molar-refractivity contribution < 1.29 is 22.7 Å². The van der Waals surface area contributed by atoms with E-state index < -0.39 is 15.7 Å². The molecule has 2 fully saturated rings. The summed E-state index contributed by atoms with van der Waals surface area (Å²) in [4.78, 5) is 19.0. The van der Waals surface area contributed by atoms with Gasteiger partial charge in [-0.2, -0.15) is 4.99 Å². The van der Waals surface area contributed by atoms with E-state index >= 15 is 0 Å². The maximum absolute atomic E-state index is 12.9. The predicted octanol–water partition coefficient (Wildman–Crippen LogP) is 3.27. The van der Waals surface area contributed by atoms with Crippen LogP contribution in [-0.4, -0.2) is 56.5 Å². The van der Waals surface area contributed by atoms with Gasteiger partial charge < -0.3 is 14.4 Å². The van der Waals surface area contributed by atoms with Gasteiger partial charge in [0.1, 0.15) is 0 Å². The lowest BCUT2D eigenvalue weighted by Crippen LogP contribution is -2.37. The van der Waals surface area contributed by atoms with Gasteiger partial charge in [0.2, 0.25) is 0 Å². The molecule has 2 unspecified atom stereocenters. The van der Waals surface area contributed by atoms with Gasteiger partial charge in [-0.1, -0.05) is 29.4 Å². The number of fused-ring (bicyclic) bond motifs is 1. The van der Waals surface area contributed by atoms with E-state index in [0.717, 1.165) is 0 Å². The van der Waals surface area contributed by atoms with Gasteiger partial charge in [0.25, 0.3) is 5.91 Å². The summed E-state index contributed by atoms with van der Waals surface area (Å²) in [6.07, 6.45) is 0. The number of ether oxygens (including phenoxy) is 2. The fraction of sp³-hybridized carbons (Fsp3) is 0.300. The number of halogens is 1. The Balaban J connectivity index is 1.71. The third kappa shape index (κ3) is 4.01. The maximum atomic E-state index is 12.9. The van der Waals surface area contributed by atoms with Crippen LogP contribution in [0, 0.1) is 0 Å². The lowest BCUT2D eigenvalue weighted by molar-refractivity contribution is 0.100. The highest BCUT2D eigenvalue weighted by Gasteiger charge is 2.49. The summed E-state index contributed by atoms with van der Waals surface area (Å²) in [5.74, 6) is 0.562. The Morgan fingerprint density at radius 3 is 2.60 bits per heavy atom. The number of hydrogen-bond donors (Lipinski definition) is 0. The fourth-order valence-electron chi connectivity index (χ4n) is 3.61. The lowest BCUT2D eigenvalue weighted by atomic mass is 10.2. The largest absolute Gasteiger partial charge is 0.493 e. The molecule has 2 atom stereocenters. The first-order chi connectivity index (χ1) is 14.3. The van der Waals surface area contributed by atoms with Crippen LogP contribution in [0.5, 0.6) is 11.5 Å². The zero-order valence-electron chi connectivity index (χ0n) is 16.2. The molecule has 10 heteroatoms. The first-order valence-corrected chi connectivity index (χ1v) is 12.2. The molecule has 0 aromatic heterocycles. The van der Waals surface area contributed by atoms with Gasteiger partial charge in [-0.25, -0.2) is 8.42 Å². The van der Waals surface area contributed by atoms with Gasteiger partial charge in [-0.05, 0) is 36.4 Å². The van der Waals surface area contributed by atoms with Gasteiger partial charge >= 0.3 is 0 Å². The zero-order valence-corrected chi connectivity index (χ0v) is 18.6. The summed E-state index contributed by atoms with van der Waals surface area (Å²) in [7, 11) is -0.131. The minimum absolute atomic E-state index is 0.0146. The number of amidine groups is 1. The van der Waals surface area contributed by atoms with Crippen molar-refractivity contribution >= 4 is 50.0 Å². The molecule has 0 aliphatic carbocycles. The molecule has 30 heavy (non-hydrogen) atoms. The highest BCUT2D eigenvalue weighted by atomic mass is 35.5. The first-order valence-electron chi connectivity index (χ1n) is 9.08. The first kappa shape index (κ1) is 21.0. The molecule has 2 saturated heterocycles. The van der Waals surface area contributed by atoms with E-state index in [4.69, 9.17) is 21.1 Å². The Labute approximate surface area is 183 Å². The van der Waals surface area contributed by atoms with Crippen LogP contribution < -0.4 is 14.4 Å². The standard InChI is InChI=1S/C20H19ClN2O5S2/c1-27-16-7-6-12(8-17(16)28-2)19(24)22-20-23(14-5-3-4-13(21)9-14)15-10-30(25,26)11-18(15)29-20/h3-9,15,18H,10-11H2,1-2H3. The summed E-state index contributed by atoms with van der Waals surface area (Å²) in [6.45, 7) is 0. The van der Waals surface area contributed by atoms with Gasteiger partial charge in [-0.15, -0.1) is 0 Å². The van der Waals surface area contributed by atoms with E-state index in [1.807, 2.05) is 11.0 Å². The Morgan fingerprint density at radius 1 is 1.13 bits per heavy atom. The van der Waals surface area contributed by atoms with Crippen molar-refractivity contribution in [1.29, 1.82) is 0 Å². The molecular weight excluding hydrogens is 448 g/mol. The minimum atomic E-state index is -3.14. The minimum Gasteiger partial charge on any atom is -0.493 e. The van der Waals surface area contributed by atoms with Crippen LogP contribution in [0.1, 0.15) is 10.4 Å². The molecule has 0 radical (unpaired) electrons. The molecule has 2 aliphatic heterocycles. The van der Waals surface area contributed by atoms with E-state index in [9.17, 15) is 13.2 Å². The van der Waals surface area contributed by atoms with E-state index in [-0.39, 0.29) is 22.8 Å². The van der Waals surface area contributed by atoms with E-state index in [1.165, 1.54) is 26.0 Å². The number of rotatable bonds is 4. The normalized spacial score (nSPS) is 23.4. The second-order valence-corrected chi connectivity index (χ2v) is 10.7. The Morgan fingerprint density at radius 2 is 1.90 bits per heavy atom. The Bertz CT molecular complexity index is 1140. The Kier molecular flexibility index (Phi) is 5.69. The van der Waals surface area contributed by atoms with E-state index in [0.29, 0.717) is 32.9 Å². The summed E-state index contributed by atoms with van der Waals surface area (Å²) in [5, 5.41) is 0.792. The summed E-state index contributed by atoms with van der Waals surface area (Å²) >= 11 is 7.46. The summed E-state index contributed by atoms with van der Waals surface area (Å²) < 4.78 is 34.8. The van der Waals surface area contributed by atoms with Crippen molar-refractivity contribution in [2.75, 3.05) is 30.6 Å². The molecular formula is C20H19ClN2O5S2. The molecule has 2 heterocycles. The van der Waals surface area contributed by atoms with Crippen molar-refractivity contribution in [3.8, 4) is 11.5 Å². The van der Waals surface area contributed by atoms with Crippen LogP contribution in [0.2, 0.25) is 5.02 Å². The molecule has 0 N–H and O–H groups in total. The van der Waals surface area contributed by atoms with Crippen LogP contribution >= 0.6 is 23.4 Å². The van der Waals surface area contributed by atoms with Crippen LogP contribution in [0.25, 0.3) is 0 Å². The number of benzene rings is 2. The fourth-order valence-corrected chi connectivity index (χ4v) is 7.71. The van der Waals surface area contributed by atoms with Crippen molar-refractivity contribution in [2.24, 2.45) is 4.99 Å². The summed E-state index contributed by atoms with van der Waals surface area (Å²) in [6, 6.07) is 11.6. The molecule has 4 rings (SSSR count). The highest BCUT2D eigenvalue weighted by Crippen LogP contribution is 2.41. The van der Waals surface area contributed by atoms with Crippen LogP contribution in [0.4, 0.5) is 5.69 Å². The quantitative estimate of drug-likeness (QED) is 0.683. The zero-order chi connectivity index (χ0) is 21.5. The highest BCUT2D eigenvalue weighted by molar-refractivity contribution is 8.16. The average molecular weight is 467 g/mol. The van der Waals surface area contributed by atoms with Gasteiger partial charge in [0.15, 0.2) is 26.5 Å². The topological polar surface area (TPSA) is 85.3 Å². The van der Waals surface area contributed by atoms with E-state index in [2.05, 4.69) is 4.99 Å². The Hall–Kier alpha value is -2.23. The number of aliphatic imine (C=N–C) groups is 1. The smallest absolute Gasteiger partial charge is 0.279 e. The maximum Gasteiger partial charge on any atom is 0.279 e.